The molecule has 5 heteroatoms. The van der Waals surface area contributed by atoms with E-state index in [0.29, 0.717) is 13.0 Å². The maximum Gasteiger partial charge on any atom is 0.136 e. The number of anilines is 1. The molecule has 2 rings (SSSR count). The SMILES string of the molecule is CC(C)(C)c1cc(N2C[C@@H](O)C[C@H]2CO)nc(C(C)(C)C)n1. The molecule has 1 saturated heterocycles. The van der Waals surface area contributed by atoms with Crippen molar-refractivity contribution in [3.63, 3.8) is 0 Å². The maximum atomic E-state index is 9.92. The van der Waals surface area contributed by atoms with Crippen molar-refractivity contribution in [2.45, 2.75) is 70.9 Å². The van der Waals surface area contributed by atoms with Crippen LogP contribution in [0, 0.1) is 0 Å². The lowest BCUT2D eigenvalue weighted by molar-refractivity contribution is 0.184. The molecule has 1 fully saturated rings. The number of hydrogen-bond donors (Lipinski definition) is 2. The van der Waals surface area contributed by atoms with Crippen molar-refractivity contribution >= 4 is 5.82 Å². The summed E-state index contributed by atoms with van der Waals surface area (Å²) in [7, 11) is 0. The standard InChI is InChI=1S/C17H29N3O2/c1-16(2,3)13-8-14(19-15(18-13)17(4,5)6)20-9-12(22)7-11(20)10-21/h8,11-12,21-22H,7,9-10H2,1-6H3/t11-,12-/m0/s1. The van der Waals surface area contributed by atoms with Crippen LogP contribution in [0.1, 0.15) is 59.5 Å². The van der Waals surface area contributed by atoms with Crippen molar-refractivity contribution < 1.29 is 10.2 Å². The minimum atomic E-state index is -0.414. The number of aromatic nitrogens is 2. The van der Waals surface area contributed by atoms with Gasteiger partial charge in [-0.2, -0.15) is 0 Å². The number of rotatable bonds is 2. The Morgan fingerprint density at radius 3 is 2.27 bits per heavy atom. The van der Waals surface area contributed by atoms with E-state index in [4.69, 9.17) is 9.97 Å². The van der Waals surface area contributed by atoms with E-state index in [9.17, 15) is 10.2 Å². The lowest BCUT2D eigenvalue weighted by Crippen LogP contribution is -2.34. The predicted octanol–water partition coefficient (Wildman–Crippen LogP) is 2.00. The zero-order valence-corrected chi connectivity index (χ0v) is 14.6. The third-order valence-electron chi connectivity index (χ3n) is 4.05. The van der Waals surface area contributed by atoms with Crippen LogP contribution in [0.5, 0.6) is 0 Å². The molecule has 22 heavy (non-hydrogen) atoms. The average Bonchev–Trinajstić information content (AvgIpc) is 2.77. The molecule has 0 amide bonds. The summed E-state index contributed by atoms with van der Waals surface area (Å²) in [6, 6.07) is 1.92. The third kappa shape index (κ3) is 3.58. The first-order valence-electron chi connectivity index (χ1n) is 7.98. The zero-order valence-electron chi connectivity index (χ0n) is 14.6. The molecule has 124 valence electrons. The Bertz CT molecular complexity index is 499. The van der Waals surface area contributed by atoms with Crippen LogP contribution in [-0.2, 0) is 10.8 Å². The topological polar surface area (TPSA) is 69.5 Å². The van der Waals surface area contributed by atoms with Crippen LogP contribution in [0.4, 0.5) is 5.82 Å². The molecule has 2 N–H and O–H groups in total. The summed E-state index contributed by atoms with van der Waals surface area (Å²) in [5.74, 6) is 1.61. The Kier molecular flexibility index (Phi) is 4.51. The molecule has 2 heterocycles. The van der Waals surface area contributed by atoms with Crippen molar-refractivity contribution in [2.24, 2.45) is 0 Å². The Balaban J connectivity index is 2.51. The molecule has 5 nitrogen and oxygen atoms in total. The van der Waals surface area contributed by atoms with Crippen molar-refractivity contribution in [1.82, 2.24) is 9.97 Å². The number of hydrogen-bond acceptors (Lipinski definition) is 5. The molecule has 1 aliphatic rings. The van der Waals surface area contributed by atoms with Crippen LogP contribution in [0.25, 0.3) is 0 Å². The highest BCUT2D eigenvalue weighted by Gasteiger charge is 2.33. The van der Waals surface area contributed by atoms with Gasteiger partial charge >= 0.3 is 0 Å². The molecule has 1 aromatic rings. The molecule has 0 aromatic carbocycles. The zero-order chi connectivity index (χ0) is 16.7. The summed E-state index contributed by atoms with van der Waals surface area (Å²) in [4.78, 5) is 11.5. The summed E-state index contributed by atoms with van der Waals surface area (Å²) < 4.78 is 0. The summed E-state index contributed by atoms with van der Waals surface area (Å²) in [5.41, 5.74) is 0.758. The van der Waals surface area contributed by atoms with Crippen LogP contribution in [-0.4, -0.2) is 45.5 Å². The highest BCUT2D eigenvalue weighted by Crippen LogP contribution is 2.31. The van der Waals surface area contributed by atoms with Gasteiger partial charge in [-0.05, 0) is 6.42 Å². The first kappa shape index (κ1) is 17.2. The molecular formula is C17H29N3O2. The van der Waals surface area contributed by atoms with Gasteiger partial charge in [0, 0.05) is 23.4 Å². The van der Waals surface area contributed by atoms with E-state index < -0.39 is 6.10 Å². The summed E-state index contributed by atoms with van der Waals surface area (Å²) in [5, 5.41) is 19.5. The van der Waals surface area contributed by atoms with Gasteiger partial charge in [-0.1, -0.05) is 41.5 Å². The Labute approximate surface area is 133 Å². The molecule has 1 aliphatic heterocycles. The van der Waals surface area contributed by atoms with Crippen molar-refractivity contribution in [1.29, 1.82) is 0 Å². The van der Waals surface area contributed by atoms with Crippen molar-refractivity contribution in [3.05, 3.63) is 17.6 Å². The van der Waals surface area contributed by atoms with Gasteiger partial charge < -0.3 is 15.1 Å². The quantitative estimate of drug-likeness (QED) is 0.874. The van der Waals surface area contributed by atoms with Crippen LogP contribution in [0.15, 0.2) is 6.07 Å². The van der Waals surface area contributed by atoms with E-state index in [1.165, 1.54) is 0 Å². The summed E-state index contributed by atoms with van der Waals surface area (Å²) in [6.45, 7) is 13.2. The second-order valence-electron chi connectivity index (χ2n) is 8.31. The van der Waals surface area contributed by atoms with Gasteiger partial charge in [-0.25, -0.2) is 9.97 Å². The second-order valence-corrected chi connectivity index (χ2v) is 8.31. The van der Waals surface area contributed by atoms with E-state index in [0.717, 1.165) is 17.3 Å². The molecule has 0 bridgehead atoms. The van der Waals surface area contributed by atoms with E-state index in [1.807, 2.05) is 11.0 Å². The first-order valence-corrected chi connectivity index (χ1v) is 7.98. The largest absolute Gasteiger partial charge is 0.394 e. The molecule has 0 aliphatic carbocycles. The Morgan fingerprint density at radius 1 is 1.14 bits per heavy atom. The maximum absolute atomic E-state index is 9.92. The Morgan fingerprint density at radius 2 is 1.77 bits per heavy atom. The van der Waals surface area contributed by atoms with Crippen LogP contribution in [0.3, 0.4) is 0 Å². The van der Waals surface area contributed by atoms with Gasteiger partial charge in [0.2, 0.25) is 0 Å². The highest BCUT2D eigenvalue weighted by atomic mass is 16.3. The lowest BCUT2D eigenvalue weighted by Gasteiger charge is -2.29. The first-order chi connectivity index (χ1) is 10.0. The summed E-state index contributed by atoms with van der Waals surface area (Å²) in [6.07, 6.45) is 0.166. The van der Waals surface area contributed by atoms with Gasteiger partial charge in [0.1, 0.15) is 11.6 Å². The fraction of sp³-hybridized carbons (Fsp3) is 0.765. The molecule has 1 aromatic heterocycles. The molecule has 2 atom stereocenters. The molecule has 0 unspecified atom stereocenters. The fourth-order valence-electron chi connectivity index (χ4n) is 2.65. The third-order valence-corrected chi connectivity index (χ3v) is 4.05. The monoisotopic (exact) mass is 307 g/mol. The minimum absolute atomic E-state index is 0.0246. The smallest absolute Gasteiger partial charge is 0.136 e. The van der Waals surface area contributed by atoms with Crippen molar-refractivity contribution in [3.8, 4) is 0 Å². The highest BCUT2D eigenvalue weighted by molar-refractivity contribution is 5.45. The van der Waals surface area contributed by atoms with E-state index in [2.05, 4.69) is 41.5 Å². The van der Waals surface area contributed by atoms with Crippen LogP contribution < -0.4 is 4.90 Å². The Hall–Kier alpha value is -1.20. The number of aliphatic hydroxyl groups is 2. The lowest BCUT2D eigenvalue weighted by atomic mass is 9.90. The molecule has 0 spiro atoms. The van der Waals surface area contributed by atoms with Gasteiger partial charge in [-0.15, -0.1) is 0 Å². The number of β-amino-alcohol motifs (C(OH)–C–C–N with tert-alkyl or cyclic N) is 1. The second kappa shape index (κ2) is 5.78. The van der Waals surface area contributed by atoms with Gasteiger partial charge in [0.05, 0.1) is 24.4 Å². The summed E-state index contributed by atoms with van der Waals surface area (Å²) >= 11 is 0. The molecule has 0 saturated carbocycles. The van der Waals surface area contributed by atoms with Crippen molar-refractivity contribution in [2.75, 3.05) is 18.1 Å². The van der Waals surface area contributed by atoms with E-state index in [-0.39, 0.29) is 23.5 Å². The normalized spacial score (nSPS) is 23.2. The average molecular weight is 307 g/mol. The predicted molar refractivity (Wildman–Crippen MR) is 88.3 cm³/mol. The fourth-order valence-corrected chi connectivity index (χ4v) is 2.65. The van der Waals surface area contributed by atoms with Crippen LogP contribution in [0.2, 0.25) is 0 Å². The number of aliphatic hydroxyl groups excluding tert-OH is 2. The van der Waals surface area contributed by atoms with Gasteiger partial charge in [0.25, 0.3) is 0 Å². The van der Waals surface area contributed by atoms with Crippen LogP contribution >= 0.6 is 0 Å². The van der Waals surface area contributed by atoms with Gasteiger partial charge in [0.15, 0.2) is 0 Å². The van der Waals surface area contributed by atoms with E-state index >= 15 is 0 Å². The van der Waals surface area contributed by atoms with Gasteiger partial charge in [-0.3, -0.25) is 0 Å². The minimum Gasteiger partial charge on any atom is -0.394 e. The molecular weight excluding hydrogens is 278 g/mol. The van der Waals surface area contributed by atoms with E-state index in [1.54, 1.807) is 0 Å². The number of nitrogens with zero attached hydrogens (tertiary/aromatic N) is 3. The molecule has 0 radical (unpaired) electrons.